The fraction of sp³-hybridized carbons (Fsp3) is 0.0455. The first-order valence-corrected chi connectivity index (χ1v) is 10.1. The third kappa shape index (κ3) is 4.44. The monoisotopic (exact) mass is 416 g/mol. The van der Waals surface area contributed by atoms with Crippen molar-refractivity contribution >= 4 is 39.8 Å². The van der Waals surface area contributed by atoms with Gasteiger partial charge in [0.1, 0.15) is 5.03 Å². The standard InChI is InChI=1S/C22H16N4O3S/c27-21(23-20-7-3-5-15-4-1-2-6-18(15)20)14-30-22-13-12-19(24-25-22)16-8-10-17(11-9-16)26(28)29/h1-13H,14H2,(H,23,27). The van der Waals surface area contributed by atoms with Crippen LogP contribution >= 0.6 is 11.8 Å². The molecule has 0 spiro atoms. The summed E-state index contributed by atoms with van der Waals surface area (Å²) >= 11 is 1.29. The Bertz CT molecular complexity index is 1210. The van der Waals surface area contributed by atoms with Gasteiger partial charge in [0.05, 0.1) is 16.4 Å². The Labute approximate surface area is 176 Å². The van der Waals surface area contributed by atoms with Crippen molar-refractivity contribution in [2.45, 2.75) is 5.03 Å². The second-order valence-electron chi connectivity index (χ2n) is 6.42. The van der Waals surface area contributed by atoms with E-state index in [9.17, 15) is 14.9 Å². The van der Waals surface area contributed by atoms with E-state index in [0.717, 1.165) is 22.0 Å². The number of aromatic nitrogens is 2. The number of non-ortho nitro benzene ring substituents is 1. The second-order valence-corrected chi connectivity index (χ2v) is 7.42. The summed E-state index contributed by atoms with van der Waals surface area (Å²) in [7, 11) is 0. The van der Waals surface area contributed by atoms with E-state index in [2.05, 4.69) is 15.5 Å². The predicted molar refractivity (Wildman–Crippen MR) is 117 cm³/mol. The first-order valence-electron chi connectivity index (χ1n) is 9.09. The maximum Gasteiger partial charge on any atom is 0.269 e. The lowest BCUT2D eigenvalue weighted by molar-refractivity contribution is -0.384. The van der Waals surface area contributed by atoms with Crippen LogP contribution in [-0.4, -0.2) is 26.8 Å². The molecule has 4 rings (SSSR count). The summed E-state index contributed by atoms with van der Waals surface area (Å²) in [6.07, 6.45) is 0. The molecule has 1 aromatic heterocycles. The van der Waals surface area contributed by atoms with Crippen LogP contribution in [0.25, 0.3) is 22.0 Å². The summed E-state index contributed by atoms with van der Waals surface area (Å²) in [6, 6.07) is 23.3. The number of nitrogens with zero attached hydrogens (tertiary/aromatic N) is 3. The van der Waals surface area contributed by atoms with Crippen molar-refractivity contribution in [2.75, 3.05) is 11.1 Å². The third-order valence-corrected chi connectivity index (χ3v) is 5.35. The summed E-state index contributed by atoms with van der Waals surface area (Å²) in [4.78, 5) is 22.7. The second kappa shape index (κ2) is 8.71. The SMILES string of the molecule is O=C(CSc1ccc(-c2ccc([N+](=O)[O-])cc2)nn1)Nc1cccc2ccccc12. The van der Waals surface area contributed by atoms with Gasteiger partial charge in [-0.2, -0.15) is 0 Å². The number of rotatable bonds is 6. The van der Waals surface area contributed by atoms with E-state index in [4.69, 9.17) is 0 Å². The number of fused-ring (bicyclic) bond motifs is 1. The van der Waals surface area contributed by atoms with E-state index in [0.29, 0.717) is 10.7 Å². The van der Waals surface area contributed by atoms with Crippen molar-refractivity contribution in [3.63, 3.8) is 0 Å². The third-order valence-electron chi connectivity index (χ3n) is 4.43. The van der Waals surface area contributed by atoms with E-state index >= 15 is 0 Å². The Hall–Kier alpha value is -3.78. The van der Waals surface area contributed by atoms with Crippen LogP contribution in [0.15, 0.2) is 83.9 Å². The largest absolute Gasteiger partial charge is 0.325 e. The summed E-state index contributed by atoms with van der Waals surface area (Å²) in [5.41, 5.74) is 2.14. The zero-order chi connectivity index (χ0) is 20.9. The van der Waals surface area contributed by atoms with E-state index in [-0.39, 0.29) is 17.3 Å². The number of amides is 1. The number of anilines is 1. The summed E-state index contributed by atoms with van der Waals surface area (Å²) in [5.74, 6) is 0.0759. The van der Waals surface area contributed by atoms with Gasteiger partial charge in [-0.15, -0.1) is 10.2 Å². The van der Waals surface area contributed by atoms with Crippen LogP contribution in [0, 0.1) is 10.1 Å². The topological polar surface area (TPSA) is 98.0 Å². The average Bonchev–Trinajstić information content (AvgIpc) is 2.78. The molecule has 0 saturated carbocycles. The van der Waals surface area contributed by atoms with Crippen molar-refractivity contribution in [3.8, 4) is 11.3 Å². The average molecular weight is 416 g/mol. The Balaban J connectivity index is 1.38. The molecule has 4 aromatic rings. The number of benzene rings is 3. The Kier molecular flexibility index (Phi) is 5.67. The van der Waals surface area contributed by atoms with E-state index in [1.807, 2.05) is 42.5 Å². The number of hydrogen-bond donors (Lipinski definition) is 1. The van der Waals surface area contributed by atoms with Crippen molar-refractivity contribution < 1.29 is 9.72 Å². The minimum absolute atomic E-state index is 0.0242. The Morgan fingerprint density at radius 1 is 0.933 bits per heavy atom. The molecule has 8 heteroatoms. The fourth-order valence-corrected chi connectivity index (χ4v) is 3.58. The Morgan fingerprint density at radius 3 is 2.43 bits per heavy atom. The number of carbonyl (C=O) groups excluding carboxylic acids is 1. The molecule has 7 nitrogen and oxygen atoms in total. The Morgan fingerprint density at radius 2 is 1.70 bits per heavy atom. The molecule has 0 saturated heterocycles. The molecule has 148 valence electrons. The molecular formula is C22H16N4O3S. The number of nitrogens with one attached hydrogen (secondary N) is 1. The zero-order valence-electron chi connectivity index (χ0n) is 15.7. The quantitative estimate of drug-likeness (QED) is 0.272. The lowest BCUT2D eigenvalue weighted by Crippen LogP contribution is -2.14. The summed E-state index contributed by atoms with van der Waals surface area (Å²) in [6.45, 7) is 0. The summed E-state index contributed by atoms with van der Waals surface area (Å²) in [5, 5.41) is 24.7. The molecule has 1 amide bonds. The van der Waals surface area contributed by atoms with Crippen molar-refractivity contribution in [3.05, 3.63) is 89.0 Å². The maximum absolute atomic E-state index is 12.4. The van der Waals surface area contributed by atoms with Crippen molar-refractivity contribution in [2.24, 2.45) is 0 Å². The number of nitro groups is 1. The van der Waals surface area contributed by atoms with Crippen molar-refractivity contribution in [1.82, 2.24) is 10.2 Å². The molecule has 1 N–H and O–H groups in total. The van der Waals surface area contributed by atoms with Crippen LogP contribution in [0.1, 0.15) is 0 Å². The molecule has 0 aliphatic rings. The van der Waals surface area contributed by atoms with Gasteiger partial charge in [0.2, 0.25) is 5.91 Å². The van der Waals surface area contributed by atoms with Crippen LogP contribution < -0.4 is 5.32 Å². The highest BCUT2D eigenvalue weighted by Crippen LogP contribution is 2.24. The first kappa shape index (κ1) is 19.5. The highest BCUT2D eigenvalue weighted by molar-refractivity contribution is 7.99. The zero-order valence-corrected chi connectivity index (χ0v) is 16.5. The fourth-order valence-electron chi connectivity index (χ4n) is 2.97. The van der Waals surface area contributed by atoms with E-state index < -0.39 is 4.92 Å². The number of thioether (sulfide) groups is 1. The van der Waals surface area contributed by atoms with Crippen LogP contribution in [-0.2, 0) is 4.79 Å². The normalized spacial score (nSPS) is 10.7. The molecule has 0 unspecified atom stereocenters. The molecule has 0 fully saturated rings. The first-order chi connectivity index (χ1) is 14.6. The molecule has 3 aromatic carbocycles. The highest BCUT2D eigenvalue weighted by Gasteiger charge is 2.09. The van der Waals surface area contributed by atoms with Gasteiger partial charge in [-0.3, -0.25) is 14.9 Å². The van der Waals surface area contributed by atoms with Crippen LogP contribution in [0.3, 0.4) is 0 Å². The van der Waals surface area contributed by atoms with Gasteiger partial charge in [-0.1, -0.05) is 48.2 Å². The number of nitro benzene ring substituents is 1. The lowest BCUT2D eigenvalue weighted by atomic mass is 10.1. The van der Waals surface area contributed by atoms with Gasteiger partial charge in [0.15, 0.2) is 0 Å². The molecule has 0 radical (unpaired) electrons. The lowest BCUT2D eigenvalue weighted by Gasteiger charge is -2.08. The minimum Gasteiger partial charge on any atom is -0.325 e. The van der Waals surface area contributed by atoms with Crippen molar-refractivity contribution in [1.29, 1.82) is 0 Å². The van der Waals surface area contributed by atoms with E-state index in [1.165, 1.54) is 23.9 Å². The molecule has 30 heavy (non-hydrogen) atoms. The van der Waals surface area contributed by atoms with Gasteiger partial charge >= 0.3 is 0 Å². The number of hydrogen-bond acceptors (Lipinski definition) is 6. The minimum atomic E-state index is -0.446. The predicted octanol–water partition coefficient (Wildman–Crippen LogP) is 4.94. The van der Waals surface area contributed by atoms with Gasteiger partial charge in [-0.25, -0.2) is 0 Å². The highest BCUT2D eigenvalue weighted by atomic mass is 32.2. The smallest absolute Gasteiger partial charge is 0.269 e. The summed E-state index contributed by atoms with van der Waals surface area (Å²) < 4.78 is 0. The van der Waals surface area contributed by atoms with Crippen LogP contribution in [0.4, 0.5) is 11.4 Å². The van der Waals surface area contributed by atoms with Crippen LogP contribution in [0.5, 0.6) is 0 Å². The molecular weight excluding hydrogens is 400 g/mol. The molecule has 0 bridgehead atoms. The van der Waals surface area contributed by atoms with Gasteiger partial charge < -0.3 is 5.32 Å². The van der Waals surface area contributed by atoms with E-state index in [1.54, 1.807) is 24.3 Å². The molecule has 0 aliphatic heterocycles. The van der Waals surface area contributed by atoms with Crippen LogP contribution in [0.2, 0.25) is 0 Å². The van der Waals surface area contributed by atoms with Gasteiger partial charge in [0.25, 0.3) is 5.69 Å². The molecule has 1 heterocycles. The maximum atomic E-state index is 12.4. The number of carbonyl (C=O) groups is 1. The molecule has 0 atom stereocenters. The van der Waals surface area contributed by atoms with Gasteiger partial charge in [-0.05, 0) is 35.7 Å². The van der Waals surface area contributed by atoms with Gasteiger partial charge in [0, 0.05) is 28.8 Å². The molecule has 0 aliphatic carbocycles.